The third-order valence-corrected chi connectivity index (χ3v) is 4.67. The van der Waals surface area contributed by atoms with Crippen LogP contribution in [0.2, 0.25) is 0 Å². The van der Waals surface area contributed by atoms with Crippen LogP contribution in [0.1, 0.15) is 37.8 Å². The molecule has 2 rings (SSSR count). The van der Waals surface area contributed by atoms with Crippen LogP contribution in [-0.2, 0) is 20.8 Å². The summed E-state index contributed by atoms with van der Waals surface area (Å²) in [5.41, 5.74) is 3.59. The molecule has 0 amide bonds. The van der Waals surface area contributed by atoms with Crippen molar-refractivity contribution in [2.45, 2.75) is 26.7 Å². The summed E-state index contributed by atoms with van der Waals surface area (Å²) in [6.45, 7) is 3.91. The van der Waals surface area contributed by atoms with Crippen molar-refractivity contribution in [2.75, 3.05) is 0 Å². The maximum absolute atomic E-state index is 10.7. The standard InChI is InChI=1S/C18H20O8S2.2K/c1-3-17(13-5-9-15(10-6-13)25-27(19,20)21)18(4-2)14-7-11-16(12-8-14)26-28(22,23)24;;/h5-12H,3-4H2,1-2H3,(H,19,20,21)(H,22,23,24);;/q;2*+1/p-2/b18-17+;;. The van der Waals surface area contributed by atoms with E-state index < -0.39 is 20.8 Å². The van der Waals surface area contributed by atoms with Crippen LogP contribution in [0.3, 0.4) is 0 Å². The van der Waals surface area contributed by atoms with Gasteiger partial charge in [0.15, 0.2) is 0 Å². The van der Waals surface area contributed by atoms with Gasteiger partial charge in [0, 0.05) is 0 Å². The van der Waals surface area contributed by atoms with Crippen molar-refractivity contribution in [1.82, 2.24) is 0 Å². The van der Waals surface area contributed by atoms with Crippen LogP contribution in [0.25, 0.3) is 11.1 Å². The average Bonchev–Trinajstić information content (AvgIpc) is 2.59. The first-order valence-corrected chi connectivity index (χ1v) is 10.9. The number of rotatable bonds is 8. The molecule has 0 atom stereocenters. The summed E-state index contributed by atoms with van der Waals surface area (Å²) in [5, 5.41) is 0. The zero-order valence-corrected chi connectivity index (χ0v) is 25.0. The van der Waals surface area contributed by atoms with E-state index in [0.717, 1.165) is 22.3 Å². The molecular formula is C18H18K2O8S2. The van der Waals surface area contributed by atoms with Crippen molar-refractivity contribution in [3.8, 4) is 11.5 Å². The summed E-state index contributed by atoms with van der Waals surface area (Å²) in [6.07, 6.45) is 1.33. The molecule has 0 bridgehead atoms. The fourth-order valence-electron chi connectivity index (χ4n) is 2.84. The Bertz CT molecular complexity index is 975. The molecule has 0 fully saturated rings. The first-order valence-electron chi connectivity index (χ1n) is 8.26. The minimum Gasteiger partial charge on any atom is -0.716 e. The van der Waals surface area contributed by atoms with Gasteiger partial charge in [0.2, 0.25) is 0 Å². The van der Waals surface area contributed by atoms with E-state index in [9.17, 15) is 25.9 Å². The quantitative estimate of drug-likeness (QED) is 0.162. The van der Waals surface area contributed by atoms with Gasteiger partial charge in [0.1, 0.15) is 11.5 Å². The van der Waals surface area contributed by atoms with Gasteiger partial charge in [-0.2, -0.15) is 0 Å². The maximum atomic E-state index is 10.7. The Kier molecular flexibility index (Phi) is 13.9. The van der Waals surface area contributed by atoms with Gasteiger partial charge in [-0.05, 0) is 59.4 Å². The van der Waals surface area contributed by atoms with E-state index >= 15 is 0 Å². The van der Waals surface area contributed by atoms with Gasteiger partial charge in [-0.3, -0.25) is 0 Å². The second-order valence-corrected chi connectivity index (χ2v) is 7.66. The molecule has 2 aromatic carbocycles. The fourth-order valence-corrected chi connectivity index (χ4v) is 3.54. The van der Waals surface area contributed by atoms with Crippen molar-refractivity contribution in [1.29, 1.82) is 0 Å². The van der Waals surface area contributed by atoms with E-state index in [1.807, 2.05) is 13.8 Å². The van der Waals surface area contributed by atoms with Gasteiger partial charge in [0.05, 0.1) is 0 Å². The number of allylic oxidation sites excluding steroid dienone is 2. The number of benzene rings is 2. The van der Waals surface area contributed by atoms with Gasteiger partial charge in [0.25, 0.3) is 20.8 Å². The molecule has 30 heavy (non-hydrogen) atoms. The normalized spacial score (nSPS) is 12.1. The number of hydrogen-bond acceptors (Lipinski definition) is 8. The predicted molar refractivity (Wildman–Crippen MR) is 101 cm³/mol. The van der Waals surface area contributed by atoms with Crippen molar-refractivity contribution >= 4 is 31.9 Å². The van der Waals surface area contributed by atoms with Crippen LogP contribution >= 0.6 is 0 Å². The van der Waals surface area contributed by atoms with Crippen molar-refractivity contribution in [2.24, 2.45) is 0 Å². The smallest absolute Gasteiger partial charge is 0.716 e. The van der Waals surface area contributed by atoms with E-state index in [1.54, 1.807) is 24.3 Å². The van der Waals surface area contributed by atoms with E-state index in [2.05, 4.69) is 8.37 Å². The SMILES string of the molecule is CC/C(=C(/CC)c1ccc(OS(=O)(=O)[O-])cc1)c1ccc(OS(=O)(=O)[O-])cc1.[K+].[K+]. The molecule has 0 unspecified atom stereocenters. The molecule has 0 spiro atoms. The van der Waals surface area contributed by atoms with E-state index in [1.165, 1.54) is 24.3 Å². The maximum Gasteiger partial charge on any atom is 1.00 e. The summed E-state index contributed by atoms with van der Waals surface area (Å²) in [5.74, 6) is -0.153. The van der Waals surface area contributed by atoms with Crippen molar-refractivity contribution in [3.63, 3.8) is 0 Å². The van der Waals surface area contributed by atoms with Crippen LogP contribution in [0.5, 0.6) is 11.5 Å². The summed E-state index contributed by atoms with van der Waals surface area (Å²) >= 11 is 0. The topological polar surface area (TPSA) is 133 Å². The van der Waals surface area contributed by atoms with Gasteiger partial charge >= 0.3 is 103 Å². The molecular weight excluding hydrogens is 487 g/mol. The Morgan fingerprint density at radius 1 is 0.667 bits per heavy atom. The first kappa shape index (κ1) is 30.9. The van der Waals surface area contributed by atoms with Gasteiger partial charge in [-0.25, -0.2) is 16.8 Å². The summed E-state index contributed by atoms with van der Waals surface area (Å²) < 4.78 is 72.7. The summed E-state index contributed by atoms with van der Waals surface area (Å²) in [6, 6.07) is 12.2. The minimum absolute atomic E-state index is 0. The zero-order chi connectivity index (χ0) is 20.9. The van der Waals surface area contributed by atoms with Crippen molar-refractivity contribution < 1.29 is 137 Å². The molecule has 12 heteroatoms. The minimum atomic E-state index is -4.84. The van der Waals surface area contributed by atoms with Crippen LogP contribution in [-0.4, -0.2) is 25.9 Å². The Balaban J connectivity index is 0.00000420. The van der Waals surface area contributed by atoms with Crippen LogP contribution in [0.15, 0.2) is 48.5 Å². The molecule has 0 aliphatic rings. The molecule has 0 aromatic heterocycles. The van der Waals surface area contributed by atoms with E-state index in [4.69, 9.17) is 0 Å². The van der Waals surface area contributed by atoms with Crippen LogP contribution in [0.4, 0.5) is 0 Å². The van der Waals surface area contributed by atoms with E-state index in [-0.39, 0.29) is 114 Å². The molecule has 0 aliphatic carbocycles. The summed E-state index contributed by atoms with van der Waals surface area (Å²) in [7, 11) is -9.67. The molecule has 0 radical (unpaired) electrons. The monoisotopic (exact) mass is 504 g/mol. The molecule has 0 heterocycles. The Morgan fingerprint density at radius 3 is 1.13 bits per heavy atom. The first-order chi connectivity index (χ1) is 13.0. The van der Waals surface area contributed by atoms with Gasteiger partial charge in [-0.15, -0.1) is 0 Å². The third-order valence-electron chi connectivity index (χ3n) is 3.87. The number of hydrogen-bond donors (Lipinski definition) is 0. The average molecular weight is 505 g/mol. The van der Waals surface area contributed by atoms with Crippen LogP contribution < -0.4 is 111 Å². The van der Waals surface area contributed by atoms with Gasteiger partial charge in [-0.1, -0.05) is 38.1 Å². The molecule has 0 saturated heterocycles. The fraction of sp³-hybridized carbons (Fsp3) is 0.222. The Labute approximate surface area is 262 Å². The Hall–Kier alpha value is 0.873. The molecule has 152 valence electrons. The molecule has 8 nitrogen and oxygen atoms in total. The predicted octanol–water partition coefficient (Wildman–Crippen LogP) is -2.90. The molecule has 0 aliphatic heterocycles. The Morgan fingerprint density at radius 2 is 0.933 bits per heavy atom. The van der Waals surface area contributed by atoms with Gasteiger partial charge < -0.3 is 17.5 Å². The molecule has 0 saturated carbocycles. The van der Waals surface area contributed by atoms with E-state index in [0.29, 0.717) is 12.8 Å². The molecule has 0 N–H and O–H groups in total. The third kappa shape index (κ3) is 10.2. The zero-order valence-electron chi connectivity index (χ0n) is 17.1. The second kappa shape index (κ2) is 13.5. The second-order valence-electron chi connectivity index (χ2n) is 5.70. The molecule has 2 aromatic rings. The largest absolute Gasteiger partial charge is 1.00 e. The van der Waals surface area contributed by atoms with Crippen molar-refractivity contribution in [3.05, 3.63) is 59.7 Å². The van der Waals surface area contributed by atoms with Crippen LogP contribution in [0, 0.1) is 0 Å². The summed E-state index contributed by atoms with van der Waals surface area (Å²) in [4.78, 5) is 0.